The number of aromatic amines is 1. The van der Waals surface area contributed by atoms with Gasteiger partial charge in [0.05, 0.1) is 11.6 Å². The van der Waals surface area contributed by atoms with Gasteiger partial charge in [0.1, 0.15) is 5.60 Å². The first kappa shape index (κ1) is 23.8. The van der Waals surface area contributed by atoms with Crippen LogP contribution >= 0.6 is 0 Å². The van der Waals surface area contributed by atoms with Gasteiger partial charge in [0, 0.05) is 36.7 Å². The fourth-order valence-electron chi connectivity index (χ4n) is 4.90. The summed E-state index contributed by atoms with van der Waals surface area (Å²) in [5.74, 6) is 0. The third-order valence-corrected chi connectivity index (χ3v) is 6.58. The zero-order valence-corrected chi connectivity index (χ0v) is 20.2. The van der Waals surface area contributed by atoms with E-state index < -0.39 is 11.2 Å². The summed E-state index contributed by atoms with van der Waals surface area (Å²) in [6.07, 6.45) is 0.532. The van der Waals surface area contributed by atoms with Crippen LogP contribution in [0.4, 0.5) is 4.79 Å². The number of benzene rings is 2. The van der Waals surface area contributed by atoms with Crippen LogP contribution in [0, 0.1) is 6.92 Å². The van der Waals surface area contributed by atoms with Crippen LogP contribution in [0.1, 0.15) is 56.5 Å². The molecule has 2 aromatic carbocycles. The summed E-state index contributed by atoms with van der Waals surface area (Å²) in [6.45, 7) is 7.88. The topological polar surface area (TPSA) is 82.6 Å². The first-order chi connectivity index (χ1) is 16.1. The number of ether oxygens (including phenoxy) is 1. The van der Waals surface area contributed by atoms with Crippen LogP contribution < -0.4 is 5.56 Å². The maximum atomic E-state index is 13.2. The van der Waals surface area contributed by atoms with Gasteiger partial charge in [-0.3, -0.25) is 4.79 Å². The van der Waals surface area contributed by atoms with Crippen molar-refractivity contribution in [3.63, 3.8) is 0 Å². The molecule has 1 aliphatic heterocycles. The summed E-state index contributed by atoms with van der Waals surface area (Å²) in [7, 11) is 0. The predicted octanol–water partition coefficient (Wildman–Crippen LogP) is 5.31. The Kier molecular flexibility index (Phi) is 6.36. The number of aliphatic hydroxyl groups is 1. The predicted molar refractivity (Wildman–Crippen MR) is 132 cm³/mol. The molecule has 178 valence electrons. The summed E-state index contributed by atoms with van der Waals surface area (Å²) in [6, 6.07) is 20.9. The van der Waals surface area contributed by atoms with Gasteiger partial charge in [-0.25, -0.2) is 4.79 Å². The lowest BCUT2D eigenvalue weighted by molar-refractivity contribution is -0.101. The highest BCUT2D eigenvalue weighted by Crippen LogP contribution is 2.42. The zero-order chi connectivity index (χ0) is 24.5. The minimum atomic E-state index is -0.987. The van der Waals surface area contributed by atoms with E-state index in [-0.39, 0.29) is 17.7 Å². The smallest absolute Gasteiger partial charge is 0.411 e. The molecule has 1 aliphatic rings. The molecular formula is C28H32N2O4. The Labute approximate surface area is 200 Å². The van der Waals surface area contributed by atoms with Gasteiger partial charge in [-0.15, -0.1) is 0 Å². The summed E-state index contributed by atoms with van der Waals surface area (Å²) < 4.78 is 6.10. The van der Waals surface area contributed by atoms with Crippen molar-refractivity contribution in [3.05, 3.63) is 93.9 Å². The number of cyclic esters (lactones) is 1. The average Bonchev–Trinajstić information content (AvgIpc) is 2.78. The van der Waals surface area contributed by atoms with E-state index >= 15 is 0 Å². The highest BCUT2D eigenvalue weighted by Gasteiger charge is 2.46. The second-order valence-electron chi connectivity index (χ2n) is 9.82. The summed E-state index contributed by atoms with van der Waals surface area (Å²) >= 11 is 0. The highest BCUT2D eigenvalue weighted by atomic mass is 16.6. The fraction of sp³-hybridized carbons (Fsp3) is 0.357. The summed E-state index contributed by atoms with van der Waals surface area (Å²) in [5, 5.41) is 10.6. The molecule has 1 amide bonds. The Morgan fingerprint density at radius 1 is 1.06 bits per heavy atom. The second kappa shape index (κ2) is 9.11. The Morgan fingerprint density at radius 2 is 1.74 bits per heavy atom. The van der Waals surface area contributed by atoms with Gasteiger partial charge in [-0.2, -0.15) is 0 Å². The molecule has 2 N–H and O–H groups in total. The van der Waals surface area contributed by atoms with E-state index in [0.717, 1.165) is 27.9 Å². The number of pyridine rings is 1. The van der Waals surface area contributed by atoms with Crippen molar-refractivity contribution >= 4 is 6.09 Å². The van der Waals surface area contributed by atoms with Crippen LogP contribution in [0.15, 0.2) is 71.5 Å². The average molecular weight is 461 g/mol. The fourth-order valence-corrected chi connectivity index (χ4v) is 4.90. The van der Waals surface area contributed by atoms with Crippen LogP contribution in [-0.2, 0) is 10.3 Å². The molecule has 0 saturated carbocycles. The van der Waals surface area contributed by atoms with Crippen molar-refractivity contribution in [1.29, 1.82) is 0 Å². The van der Waals surface area contributed by atoms with Crippen molar-refractivity contribution < 1.29 is 14.6 Å². The molecule has 1 aromatic heterocycles. The summed E-state index contributed by atoms with van der Waals surface area (Å²) in [4.78, 5) is 29.3. The number of H-pyrrole nitrogens is 1. The SMILES string of the molecule is Cc1[nH]c(=O)ccc1-c1ccc([C@H](C)N2CC[C@](CC(C)(C)O)(c3ccccc3)OC2=O)cc1. The highest BCUT2D eigenvalue weighted by molar-refractivity contribution is 5.70. The van der Waals surface area contributed by atoms with Crippen molar-refractivity contribution in [2.45, 2.75) is 57.8 Å². The van der Waals surface area contributed by atoms with E-state index in [9.17, 15) is 14.7 Å². The molecule has 34 heavy (non-hydrogen) atoms. The quantitative estimate of drug-likeness (QED) is 0.522. The number of hydrogen-bond acceptors (Lipinski definition) is 4. The van der Waals surface area contributed by atoms with Gasteiger partial charge in [-0.05, 0) is 50.5 Å². The number of nitrogens with one attached hydrogen (secondary N) is 1. The largest absolute Gasteiger partial charge is 0.438 e. The van der Waals surface area contributed by atoms with Gasteiger partial charge in [0.2, 0.25) is 5.56 Å². The third kappa shape index (κ3) is 4.92. The van der Waals surface area contributed by atoms with Crippen LogP contribution in [-0.4, -0.2) is 33.2 Å². The minimum Gasteiger partial charge on any atom is -0.438 e. The Morgan fingerprint density at radius 3 is 2.32 bits per heavy atom. The third-order valence-electron chi connectivity index (χ3n) is 6.58. The van der Waals surface area contributed by atoms with Gasteiger partial charge in [0.25, 0.3) is 0 Å². The van der Waals surface area contributed by atoms with E-state index in [0.29, 0.717) is 19.4 Å². The van der Waals surface area contributed by atoms with Gasteiger partial charge in [0.15, 0.2) is 0 Å². The van der Waals surface area contributed by atoms with E-state index in [1.54, 1.807) is 18.7 Å². The number of nitrogens with zero attached hydrogens (tertiary/aromatic N) is 1. The van der Waals surface area contributed by atoms with Gasteiger partial charge < -0.3 is 19.7 Å². The lowest BCUT2D eigenvalue weighted by Crippen LogP contribution is -2.51. The molecular weight excluding hydrogens is 428 g/mol. The number of carbonyl (C=O) groups is 1. The maximum absolute atomic E-state index is 13.2. The van der Waals surface area contributed by atoms with Crippen LogP contribution in [0.5, 0.6) is 0 Å². The zero-order valence-electron chi connectivity index (χ0n) is 20.2. The van der Waals surface area contributed by atoms with E-state index in [4.69, 9.17) is 4.74 Å². The Bertz CT molecular complexity index is 1210. The first-order valence-corrected chi connectivity index (χ1v) is 11.7. The van der Waals surface area contributed by atoms with Gasteiger partial charge in [-0.1, -0.05) is 54.6 Å². The lowest BCUT2D eigenvalue weighted by Gasteiger charge is -2.45. The number of carbonyl (C=O) groups excluding carboxylic acids is 1. The molecule has 0 unspecified atom stereocenters. The molecule has 2 atom stereocenters. The number of aromatic nitrogens is 1. The molecule has 6 nitrogen and oxygen atoms in total. The number of hydrogen-bond donors (Lipinski definition) is 2. The van der Waals surface area contributed by atoms with E-state index in [1.807, 2.05) is 74.5 Å². The molecule has 0 spiro atoms. The number of amides is 1. The Hall–Kier alpha value is -3.38. The molecule has 6 heteroatoms. The van der Waals surface area contributed by atoms with Gasteiger partial charge >= 0.3 is 6.09 Å². The number of rotatable bonds is 6. The molecule has 4 rings (SSSR count). The van der Waals surface area contributed by atoms with Crippen LogP contribution in [0.25, 0.3) is 11.1 Å². The first-order valence-electron chi connectivity index (χ1n) is 11.7. The molecule has 3 aromatic rings. The van der Waals surface area contributed by atoms with E-state index in [1.165, 1.54) is 6.07 Å². The molecule has 0 radical (unpaired) electrons. The molecule has 1 saturated heterocycles. The molecule has 0 aliphatic carbocycles. The second-order valence-corrected chi connectivity index (χ2v) is 9.82. The van der Waals surface area contributed by atoms with Crippen molar-refractivity contribution in [1.82, 2.24) is 9.88 Å². The van der Waals surface area contributed by atoms with Crippen LogP contribution in [0.2, 0.25) is 0 Å². The normalized spacial score (nSPS) is 19.6. The van der Waals surface area contributed by atoms with Crippen molar-refractivity contribution in [2.75, 3.05) is 6.54 Å². The molecule has 1 fully saturated rings. The van der Waals surface area contributed by atoms with Crippen molar-refractivity contribution in [3.8, 4) is 11.1 Å². The van der Waals surface area contributed by atoms with Crippen molar-refractivity contribution in [2.24, 2.45) is 0 Å². The maximum Gasteiger partial charge on any atom is 0.411 e. The van der Waals surface area contributed by atoms with E-state index in [2.05, 4.69) is 4.98 Å². The minimum absolute atomic E-state index is 0.119. The monoisotopic (exact) mass is 460 g/mol. The standard InChI is InChI=1S/C28H32N2O4/c1-19-24(14-15-25(31)29-19)22-12-10-21(11-13-22)20(2)30-17-16-28(34-26(30)32,18-27(3,4)33)23-8-6-5-7-9-23/h5-15,20,33H,16-18H2,1-4H3,(H,29,31)/t20-,28-/m0/s1. The lowest BCUT2D eigenvalue weighted by atomic mass is 9.80. The Balaban J connectivity index is 1.55. The number of aryl methyl sites for hydroxylation is 1. The van der Waals surface area contributed by atoms with Crippen LogP contribution in [0.3, 0.4) is 0 Å². The molecule has 0 bridgehead atoms. The molecule has 2 heterocycles. The summed E-state index contributed by atoms with van der Waals surface area (Å²) in [5.41, 5.74) is 2.71.